The number of hydrogen-bond donors (Lipinski definition) is 1. The van der Waals surface area contributed by atoms with Gasteiger partial charge >= 0.3 is 35.7 Å². The van der Waals surface area contributed by atoms with Crippen molar-refractivity contribution in [2.45, 2.75) is 55.5 Å². The van der Waals surface area contributed by atoms with Crippen molar-refractivity contribution in [3.63, 3.8) is 0 Å². The topological polar surface area (TPSA) is 20.2 Å². The van der Waals surface area contributed by atoms with E-state index in [1.54, 1.807) is 0 Å². The SMILES string of the molecule is CCCC(F)(F)C(F)(F)C(F)(F)C(F)(F)C(F)(F)C(O)(F)F. The highest BCUT2D eigenvalue weighted by Crippen LogP contribution is 2.60. The van der Waals surface area contributed by atoms with Crippen molar-refractivity contribution in [1.82, 2.24) is 0 Å². The number of aliphatic hydroxyl groups is 1. The van der Waals surface area contributed by atoms with Gasteiger partial charge in [0, 0.05) is 6.42 Å². The van der Waals surface area contributed by atoms with Gasteiger partial charge < -0.3 is 5.11 Å². The second kappa shape index (κ2) is 5.34. The first-order valence-corrected chi connectivity index (χ1v) is 5.30. The fourth-order valence-electron chi connectivity index (χ4n) is 1.28. The van der Waals surface area contributed by atoms with Gasteiger partial charge in [-0.05, 0) is 0 Å². The van der Waals surface area contributed by atoms with Crippen LogP contribution in [0, 0.1) is 0 Å². The molecule has 0 heterocycles. The molecule has 13 heteroatoms. The van der Waals surface area contributed by atoms with Crippen LogP contribution in [0.5, 0.6) is 0 Å². The first-order chi connectivity index (χ1) is 9.31. The molecule has 1 nitrogen and oxygen atoms in total. The summed E-state index contributed by atoms with van der Waals surface area (Å²) in [5.41, 5.74) is 0. The minimum absolute atomic E-state index is 0.761. The van der Waals surface area contributed by atoms with E-state index in [4.69, 9.17) is 5.11 Å². The molecule has 0 rings (SSSR count). The van der Waals surface area contributed by atoms with Crippen LogP contribution >= 0.6 is 0 Å². The van der Waals surface area contributed by atoms with Crippen LogP contribution in [-0.4, -0.2) is 40.8 Å². The minimum Gasteiger partial charge on any atom is -0.331 e. The molecule has 0 saturated heterocycles. The Labute approximate surface area is 114 Å². The van der Waals surface area contributed by atoms with E-state index >= 15 is 0 Å². The lowest BCUT2D eigenvalue weighted by Gasteiger charge is -2.40. The van der Waals surface area contributed by atoms with Crippen molar-refractivity contribution in [2.75, 3.05) is 0 Å². The fraction of sp³-hybridized carbons (Fsp3) is 1.00. The molecule has 0 radical (unpaired) electrons. The molecular weight excluding hydrogens is 352 g/mol. The molecule has 0 fully saturated rings. The van der Waals surface area contributed by atoms with Crippen LogP contribution < -0.4 is 0 Å². The lowest BCUT2D eigenvalue weighted by Crippen LogP contribution is -2.70. The monoisotopic (exact) mass is 360 g/mol. The number of hydrogen-bond acceptors (Lipinski definition) is 1. The van der Waals surface area contributed by atoms with Gasteiger partial charge in [0.1, 0.15) is 0 Å². The maximum absolute atomic E-state index is 12.9. The molecule has 0 aliphatic carbocycles. The van der Waals surface area contributed by atoms with Crippen LogP contribution in [0.15, 0.2) is 0 Å². The first kappa shape index (κ1) is 21.1. The number of rotatable bonds is 7. The van der Waals surface area contributed by atoms with E-state index in [1.807, 2.05) is 0 Å². The van der Waals surface area contributed by atoms with Gasteiger partial charge in [-0.15, -0.1) is 0 Å². The summed E-state index contributed by atoms with van der Waals surface area (Å²) in [5, 5.41) is 7.49. The molecule has 0 aromatic rings. The number of halogens is 12. The molecule has 0 aliphatic heterocycles. The summed E-state index contributed by atoms with van der Waals surface area (Å²) in [4.78, 5) is 0. The van der Waals surface area contributed by atoms with E-state index in [9.17, 15) is 52.7 Å². The highest BCUT2D eigenvalue weighted by molar-refractivity contribution is 5.09. The van der Waals surface area contributed by atoms with Gasteiger partial charge in [0.2, 0.25) is 0 Å². The Morgan fingerprint density at radius 3 is 1.18 bits per heavy atom. The maximum Gasteiger partial charge on any atom is 0.423 e. The van der Waals surface area contributed by atoms with E-state index in [1.165, 1.54) is 0 Å². The summed E-state index contributed by atoms with van der Waals surface area (Å²) in [5.74, 6) is -35.7. The van der Waals surface area contributed by atoms with E-state index in [2.05, 4.69) is 0 Å². The van der Waals surface area contributed by atoms with E-state index in [0.717, 1.165) is 6.92 Å². The van der Waals surface area contributed by atoms with Crippen molar-refractivity contribution < 1.29 is 57.8 Å². The Balaban J connectivity index is 6.11. The Morgan fingerprint density at radius 2 is 0.909 bits per heavy atom. The zero-order valence-electron chi connectivity index (χ0n) is 10.4. The zero-order valence-corrected chi connectivity index (χ0v) is 10.4. The molecule has 0 aromatic carbocycles. The number of alkyl halides is 12. The van der Waals surface area contributed by atoms with Crippen LogP contribution in [-0.2, 0) is 0 Å². The van der Waals surface area contributed by atoms with Gasteiger partial charge in [-0.3, -0.25) is 0 Å². The molecule has 0 bridgehead atoms. The Bertz CT molecular complexity index is 396. The average molecular weight is 360 g/mol. The third kappa shape index (κ3) is 2.71. The molecule has 134 valence electrons. The largest absolute Gasteiger partial charge is 0.423 e. The molecule has 0 atom stereocenters. The second-order valence-corrected chi connectivity index (χ2v) is 4.29. The third-order valence-corrected chi connectivity index (χ3v) is 2.58. The zero-order chi connectivity index (χ0) is 18.4. The molecular formula is C9H8F12O. The van der Waals surface area contributed by atoms with Crippen molar-refractivity contribution in [1.29, 1.82) is 0 Å². The van der Waals surface area contributed by atoms with Crippen molar-refractivity contribution >= 4 is 0 Å². The van der Waals surface area contributed by atoms with Crippen molar-refractivity contribution in [3.8, 4) is 0 Å². The van der Waals surface area contributed by atoms with Gasteiger partial charge in [0.25, 0.3) is 0 Å². The van der Waals surface area contributed by atoms with E-state index < -0.39 is 48.6 Å². The van der Waals surface area contributed by atoms with Gasteiger partial charge in [-0.1, -0.05) is 13.3 Å². The third-order valence-electron chi connectivity index (χ3n) is 2.58. The van der Waals surface area contributed by atoms with Crippen molar-refractivity contribution in [3.05, 3.63) is 0 Å². The van der Waals surface area contributed by atoms with Crippen LogP contribution in [0.25, 0.3) is 0 Å². The van der Waals surface area contributed by atoms with Crippen LogP contribution in [0.2, 0.25) is 0 Å². The Kier molecular flexibility index (Phi) is 5.12. The van der Waals surface area contributed by atoms with Crippen LogP contribution in [0.1, 0.15) is 19.8 Å². The summed E-state index contributed by atoms with van der Waals surface area (Å²) in [6.45, 7) is 0.761. The summed E-state index contributed by atoms with van der Waals surface area (Å²) in [6, 6.07) is 0. The minimum atomic E-state index is -7.68. The molecule has 0 aromatic heterocycles. The normalized spacial score (nSPS) is 16.1. The highest BCUT2D eigenvalue weighted by Gasteiger charge is 2.90. The fourth-order valence-corrected chi connectivity index (χ4v) is 1.28. The van der Waals surface area contributed by atoms with Crippen LogP contribution in [0.3, 0.4) is 0 Å². The molecule has 0 unspecified atom stereocenters. The Hall–Kier alpha value is -0.880. The van der Waals surface area contributed by atoms with E-state index in [-0.39, 0.29) is 0 Å². The summed E-state index contributed by atoms with van der Waals surface area (Å²) >= 11 is 0. The molecule has 1 N–H and O–H groups in total. The Morgan fingerprint density at radius 1 is 0.591 bits per heavy atom. The molecule has 22 heavy (non-hydrogen) atoms. The lowest BCUT2D eigenvalue weighted by atomic mass is 9.92. The predicted octanol–water partition coefficient (Wildman–Crippen LogP) is 4.55. The van der Waals surface area contributed by atoms with Crippen LogP contribution in [0.4, 0.5) is 52.7 Å². The molecule has 0 spiro atoms. The van der Waals surface area contributed by atoms with Gasteiger partial charge in [-0.25, -0.2) is 0 Å². The quantitative estimate of drug-likeness (QED) is 0.661. The second-order valence-electron chi connectivity index (χ2n) is 4.29. The smallest absolute Gasteiger partial charge is 0.331 e. The van der Waals surface area contributed by atoms with E-state index in [0.29, 0.717) is 0 Å². The summed E-state index contributed by atoms with van der Waals surface area (Å²) in [6.07, 6.45) is -9.90. The highest BCUT2D eigenvalue weighted by atomic mass is 19.4. The molecule has 0 amide bonds. The van der Waals surface area contributed by atoms with Gasteiger partial charge in [0.15, 0.2) is 0 Å². The summed E-state index contributed by atoms with van der Waals surface area (Å²) < 4.78 is 152. The van der Waals surface area contributed by atoms with Gasteiger partial charge in [-0.2, -0.15) is 52.7 Å². The molecule has 0 aliphatic rings. The standard InChI is InChI=1S/C9H8F12O/c1-2-3-4(10,11)5(12,13)6(14,15)7(16,17)8(18,19)9(20,21)22/h22H,2-3H2,1H3. The average Bonchev–Trinajstić information content (AvgIpc) is 2.26. The molecule has 0 saturated carbocycles. The maximum atomic E-state index is 12.9. The van der Waals surface area contributed by atoms with Crippen molar-refractivity contribution in [2.24, 2.45) is 0 Å². The predicted molar refractivity (Wildman–Crippen MR) is 46.8 cm³/mol. The lowest BCUT2D eigenvalue weighted by molar-refractivity contribution is -0.451. The van der Waals surface area contributed by atoms with Gasteiger partial charge in [0.05, 0.1) is 0 Å². The summed E-state index contributed by atoms with van der Waals surface area (Å²) in [7, 11) is 0. The first-order valence-electron chi connectivity index (χ1n) is 5.30.